The number of amides is 1. The number of alkyl halides is 3. The summed E-state index contributed by atoms with van der Waals surface area (Å²) in [6, 6.07) is 7.57. The van der Waals surface area contributed by atoms with Gasteiger partial charge in [0.2, 0.25) is 5.91 Å². The second-order valence-electron chi connectivity index (χ2n) is 10.8. The molecule has 3 aliphatic rings. The molecule has 1 heterocycles. The van der Waals surface area contributed by atoms with E-state index >= 15 is 0 Å². The number of primary amides is 1. The molecule has 1 aromatic rings. The normalized spacial score (nSPS) is 26.4. The quantitative estimate of drug-likeness (QED) is 0.613. The van der Waals surface area contributed by atoms with E-state index in [4.69, 9.17) is 15.6 Å². The van der Waals surface area contributed by atoms with Crippen molar-refractivity contribution in [3.05, 3.63) is 59.2 Å². The van der Waals surface area contributed by atoms with Crippen LogP contribution in [0.2, 0.25) is 0 Å². The molecule has 0 aromatic heterocycles. The van der Waals surface area contributed by atoms with Crippen LogP contribution in [0.1, 0.15) is 63.1 Å². The molecule has 8 heteroatoms. The number of benzene rings is 1. The van der Waals surface area contributed by atoms with E-state index in [1.165, 1.54) is 42.4 Å². The number of rotatable bonds is 3. The van der Waals surface area contributed by atoms with Gasteiger partial charge in [-0.25, -0.2) is 4.79 Å². The molecule has 2 atom stereocenters. The second kappa shape index (κ2) is 10.2. The topological polar surface area (TPSA) is 83.6 Å². The average Bonchev–Trinajstić information content (AvgIpc) is 2.78. The SMILES string of the molecule is CC1(C)CCC(N2CCc3cc(C4(C)C=CC=CC4C(N)=O)ccc3C2)CC1.O=C(O)C(F)(F)F. The van der Waals surface area contributed by atoms with Gasteiger partial charge in [-0.3, -0.25) is 9.69 Å². The molecule has 1 amide bonds. The number of hydrogen-bond acceptors (Lipinski definition) is 3. The lowest BCUT2D eigenvalue weighted by molar-refractivity contribution is -0.192. The fraction of sp³-hybridized carbons (Fsp3) is 0.556. The Morgan fingerprint density at radius 2 is 1.71 bits per heavy atom. The Morgan fingerprint density at radius 1 is 1.09 bits per heavy atom. The van der Waals surface area contributed by atoms with Gasteiger partial charge in [-0.05, 0) is 54.2 Å². The van der Waals surface area contributed by atoms with Crippen molar-refractivity contribution in [2.75, 3.05) is 6.54 Å². The Bertz CT molecular complexity index is 1010. The van der Waals surface area contributed by atoms with Gasteiger partial charge in [0.05, 0.1) is 5.92 Å². The number of nitrogens with zero attached hydrogens (tertiary/aromatic N) is 1. The van der Waals surface area contributed by atoms with E-state index < -0.39 is 12.1 Å². The number of hydrogen-bond donors (Lipinski definition) is 2. The van der Waals surface area contributed by atoms with Crippen LogP contribution < -0.4 is 5.73 Å². The van der Waals surface area contributed by atoms with Crippen molar-refractivity contribution in [2.45, 2.75) is 77.1 Å². The van der Waals surface area contributed by atoms with Crippen molar-refractivity contribution in [3.63, 3.8) is 0 Å². The minimum atomic E-state index is -5.08. The molecule has 1 aliphatic heterocycles. The summed E-state index contributed by atoms with van der Waals surface area (Å²) in [6.07, 6.45) is 9.38. The molecule has 4 rings (SSSR count). The predicted molar refractivity (Wildman–Crippen MR) is 129 cm³/mol. The summed E-state index contributed by atoms with van der Waals surface area (Å²) in [6.45, 7) is 9.15. The van der Waals surface area contributed by atoms with Crippen LogP contribution in [-0.4, -0.2) is 40.6 Å². The summed E-state index contributed by atoms with van der Waals surface area (Å²) in [5, 5.41) is 7.12. The molecule has 3 N–H and O–H groups in total. The fourth-order valence-electron chi connectivity index (χ4n) is 5.37. The summed E-state index contributed by atoms with van der Waals surface area (Å²) in [4.78, 5) is 23.6. The van der Waals surface area contributed by atoms with Crippen LogP contribution in [0.3, 0.4) is 0 Å². The maximum atomic E-state index is 12.0. The van der Waals surface area contributed by atoms with Gasteiger partial charge in [-0.2, -0.15) is 13.2 Å². The lowest BCUT2D eigenvalue weighted by Gasteiger charge is -2.42. The zero-order valence-electron chi connectivity index (χ0n) is 20.6. The van der Waals surface area contributed by atoms with Crippen LogP contribution in [0.25, 0.3) is 0 Å². The lowest BCUT2D eigenvalue weighted by Crippen LogP contribution is -2.43. The minimum Gasteiger partial charge on any atom is -0.475 e. The van der Waals surface area contributed by atoms with E-state index in [-0.39, 0.29) is 17.2 Å². The number of carboxylic acid groups (broad SMARTS) is 1. The molecule has 192 valence electrons. The summed E-state index contributed by atoms with van der Waals surface area (Å²) in [5.41, 5.74) is 9.96. The van der Waals surface area contributed by atoms with Crippen molar-refractivity contribution in [1.82, 2.24) is 4.90 Å². The molecule has 1 fully saturated rings. The molecule has 0 radical (unpaired) electrons. The van der Waals surface area contributed by atoms with Crippen LogP contribution in [0, 0.1) is 11.3 Å². The lowest BCUT2D eigenvalue weighted by atomic mass is 9.68. The number of carboxylic acids is 1. The highest BCUT2D eigenvalue weighted by Gasteiger charge is 2.39. The van der Waals surface area contributed by atoms with Crippen molar-refractivity contribution in [2.24, 2.45) is 17.1 Å². The molecular formula is C27H35F3N2O3. The first-order chi connectivity index (χ1) is 16.2. The van der Waals surface area contributed by atoms with Crippen molar-refractivity contribution in [1.29, 1.82) is 0 Å². The Hall–Kier alpha value is -2.61. The number of halogens is 3. The Labute approximate surface area is 204 Å². The van der Waals surface area contributed by atoms with Gasteiger partial charge in [-0.15, -0.1) is 0 Å². The van der Waals surface area contributed by atoms with Crippen molar-refractivity contribution >= 4 is 11.9 Å². The largest absolute Gasteiger partial charge is 0.490 e. The summed E-state index contributed by atoms with van der Waals surface area (Å²) >= 11 is 0. The number of nitrogens with two attached hydrogens (primary N) is 1. The monoisotopic (exact) mass is 492 g/mol. The van der Waals surface area contributed by atoms with Gasteiger partial charge in [0.15, 0.2) is 0 Å². The predicted octanol–water partition coefficient (Wildman–Crippen LogP) is 5.13. The minimum absolute atomic E-state index is 0.257. The van der Waals surface area contributed by atoms with E-state index in [9.17, 15) is 18.0 Å². The Morgan fingerprint density at radius 3 is 2.29 bits per heavy atom. The summed E-state index contributed by atoms with van der Waals surface area (Å²) < 4.78 is 31.7. The van der Waals surface area contributed by atoms with Crippen LogP contribution >= 0.6 is 0 Å². The first-order valence-electron chi connectivity index (χ1n) is 12.0. The number of aliphatic carboxylic acids is 1. The molecule has 5 nitrogen and oxygen atoms in total. The molecule has 35 heavy (non-hydrogen) atoms. The third-order valence-corrected chi connectivity index (χ3v) is 7.75. The number of carbonyl (C=O) groups is 2. The number of carbonyl (C=O) groups excluding carboxylic acids is 1. The Balaban J connectivity index is 0.000000429. The molecule has 0 bridgehead atoms. The average molecular weight is 493 g/mol. The van der Waals surface area contributed by atoms with Gasteiger partial charge in [0.25, 0.3) is 0 Å². The van der Waals surface area contributed by atoms with Gasteiger partial charge in [0.1, 0.15) is 0 Å². The second-order valence-corrected chi connectivity index (χ2v) is 10.8. The van der Waals surface area contributed by atoms with Gasteiger partial charge < -0.3 is 10.8 Å². The number of fused-ring (bicyclic) bond motifs is 1. The van der Waals surface area contributed by atoms with Crippen LogP contribution in [0.15, 0.2) is 42.5 Å². The van der Waals surface area contributed by atoms with E-state index in [1.807, 2.05) is 18.2 Å². The summed E-state index contributed by atoms with van der Waals surface area (Å²) in [7, 11) is 0. The highest BCUT2D eigenvalue weighted by Crippen LogP contribution is 2.40. The van der Waals surface area contributed by atoms with E-state index in [1.54, 1.807) is 0 Å². The third kappa shape index (κ3) is 6.34. The maximum Gasteiger partial charge on any atom is 0.490 e. The molecule has 2 aliphatic carbocycles. The van der Waals surface area contributed by atoms with Crippen molar-refractivity contribution in [3.8, 4) is 0 Å². The summed E-state index contributed by atoms with van der Waals surface area (Å²) in [5.74, 6) is -3.30. The molecule has 0 spiro atoms. The standard InChI is InChI=1S/C25H34N2O.C2HF3O2/c1-24(2)13-9-21(10-14-24)27-15-11-18-16-20(8-7-19(18)17-27)25(3)12-5-4-6-22(25)23(26)28;3-2(4,5)1(6)7/h4-8,12,16,21-22H,9-11,13-15,17H2,1-3H3,(H2,26,28);(H,6,7). The Kier molecular flexibility index (Phi) is 7.84. The first kappa shape index (κ1) is 27.0. The molecule has 1 aromatic carbocycles. The van der Waals surface area contributed by atoms with Gasteiger partial charge in [0, 0.05) is 24.5 Å². The van der Waals surface area contributed by atoms with Crippen molar-refractivity contribution < 1.29 is 27.9 Å². The van der Waals surface area contributed by atoms with Gasteiger partial charge >= 0.3 is 12.1 Å². The van der Waals surface area contributed by atoms with E-state index in [0.29, 0.717) is 5.41 Å². The first-order valence-corrected chi connectivity index (χ1v) is 12.0. The maximum absolute atomic E-state index is 12.0. The van der Waals surface area contributed by atoms with Crippen LogP contribution in [-0.2, 0) is 28.0 Å². The van der Waals surface area contributed by atoms with Crippen LogP contribution in [0.5, 0.6) is 0 Å². The molecule has 2 unspecified atom stereocenters. The van der Waals surface area contributed by atoms with E-state index in [0.717, 1.165) is 25.6 Å². The fourth-order valence-corrected chi connectivity index (χ4v) is 5.37. The smallest absolute Gasteiger partial charge is 0.475 e. The highest BCUT2D eigenvalue weighted by molar-refractivity contribution is 5.81. The number of allylic oxidation sites excluding steroid dienone is 3. The third-order valence-electron chi connectivity index (χ3n) is 7.75. The van der Waals surface area contributed by atoms with Gasteiger partial charge in [-0.1, -0.05) is 63.3 Å². The zero-order chi connectivity index (χ0) is 26.0. The van der Waals surface area contributed by atoms with Crippen LogP contribution in [0.4, 0.5) is 13.2 Å². The molecule has 0 saturated heterocycles. The molecule has 1 saturated carbocycles. The molecular weight excluding hydrogens is 457 g/mol. The highest BCUT2D eigenvalue weighted by atomic mass is 19.4. The zero-order valence-corrected chi connectivity index (χ0v) is 20.6. The van der Waals surface area contributed by atoms with E-state index in [2.05, 4.69) is 49.9 Å².